The van der Waals surface area contributed by atoms with Crippen LogP contribution in [-0.4, -0.2) is 49.9 Å². The van der Waals surface area contributed by atoms with Gasteiger partial charge >= 0.3 is 0 Å². The highest BCUT2D eigenvalue weighted by molar-refractivity contribution is 7.89. The Hall–Kier alpha value is -2.20. The van der Waals surface area contributed by atoms with Crippen LogP contribution in [0.5, 0.6) is 0 Å². The fourth-order valence-corrected chi connectivity index (χ4v) is 5.25. The summed E-state index contributed by atoms with van der Waals surface area (Å²) >= 11 is 7.52. The molecule has 0 atom stereocenters. The number of fused-ring (bicyclic) bond motifs is 1. The Bertz CT molecular complexity index is 1140. The monoisotopic (exact) mass is 464 g/mol. The SMILES string of the molecule is O=C(CNS(=O)(=O)c1ccc2cc(Cl)ccc2c1)N1CCC(Nc2nccs2)CC1. The van der Waals surface area contributed by atoms with Crippen LogP contribution in [0.4, 0.5) is 5.13 Å². The predicted octanol–water partition coefficient (Wildman–Crippen LogP) is 3.33. The molecule has 1 aliphatic rings. The number of piperidine rings is 1. The van der Waals surface area contributed by atoms with Crippen molar-refractivity contribution < 1.29 is 13.2 Å². The molecule has 30 heavy (non-hydrogen) atoms. The summed E-state index contributed by atoms with van der Waals surface area (Å²) in [5.41, 5.74) is 0. The average molecular weight is 465 g/mol. The highest BCUT2D eigenvalue weighted by atomic mass is 35.5. The van der Waals surface area contributed by atoms with Gasteiger partial charge in [0.2, 0.25) is 15.9 Å². The summed E-state index contributed by atoms with van der Waals surface area (Å²) in [5.74, 6) is -0.223. The number of benzene rings is 2. The largest absolute Gasteiger partial charge is 0.359 e. The molecule has 2 N–H and O–H groups in total. The molecule has 4 rings (SSSR count). The maximum absolute atomic E-state index is 12.6. The quantitative estimate of drug-likeness (QED) is 0.583. The van der Waals surface area contributed by atoms with Crippen LogP contribution in [0.2, 0.25) is 5.02 Å². The van der Waals surface area contributed by atoms with Gasteiger partial charge in [-0.15, -0.1) is 11.3 Å². The molecule has 0 radical (unpaired) electrons. The van der Waals surface area contributed by atoms with Crippen molar-refractivity contribution in [3.63, 3.8) is 0 Å². The van der Waals surface area contributed by atoms with Gasteiger partial charge in [-0.2, -0.15) is 0 Å². The van der Waals surface area contributed by atoms with Crippen molar-refractivity contribution >= 4 is 54.8 Å². The normalized spacial score (nSPS) is 15.4. The number of halogens is 1. The average Bonchev–Trinajstić information content (AvgIpc) is 3.25. The fraction of sp³-hybridized carbons (Fsp3) is 0.300. The number of sulfonamides is 1. The van der Waals surface area contributed by atoms with Crippen molar-refractivity contribution in [2.45, 2.75) is 23.8 Å². The van der Waals surface area contributed by atoms with Gasteiger partial charge in [0, 0.05) is 35.7 Å². The molecule has 0 saturated carbocycles. The highest BCUT2D eigenvalue weighted by Gasteiger charge is 2.24. The molecule has 2 aromatic carbocycles. The molecule has 7 nitrogen and oxygen atoms in total. The summed E-state index contributed by atoms with van der Waals surface area (Å²) in [6, 6.07) is 10.3. The number of likely N-dealkylation sites (tertiary alicyclic amines) is 1. The van der Waals surface area contributed by atoms with Crippen molar-refractivity contribution in [3.05, 3.63) is 53.0 Å². The summed E-state index contributed by atoms with van der Waals surface area (Å²) in [6.45, 7) is 0.909. The van der Waals surface area contributed by atoms with Gasteiger partial charge < -0.3 is 10.2 Å². The predicted molar refractivity (Wildman–Crippen MR) is 119 cm³/mol. The molecule has 3 aromatic rings. The third kappa shape index (κ3) is 4.92. The van der Waals surface area contributed by atoms with Crippen molar-refractivity contribution in [1.29, 1.82) is 0 Å². The third-order valence-corrected chi connectivity index (χ3v) is 7.44. The second-order valence-electron chi connectivity index (χ2n) is 7.11. The van der Waals surface area contributed by atoms with E-state index in [1.54, 1.807) is 52.8 Å². The number of anilines is 1. The third-order valence-electron chi connectivity index (χ3n) is 5.11. The summed E-state index contributed by atoms with van der Waals surface area (Å²) < 4.78 is 27.7. The van der Waals surface area contributed by atoms with Crippen molar-refractivity contribution in [1.82, 2.24) is 14.6 Å². The first kappa shape index (κ1) is 21.0. The first-order valence-corrected chi connectivity index (χ1v) is 12.3. The van der Waals surface area contributed by atoms with Crippen molar-refractivity contribution in [2.75, 3.05) is 25.0 Å². The van der Waals surface area contributed by atoms with E-state index in [1.807, 2.05) is 5.38 Å². The van der Waals surface area contributed by atoms with Gasteiger partial charge in [-0.3, -0.25) is 4.79 Å². The molecule has 158 valence electrons. The Morgan fingerprint density at radius 1 is 1.17 bits per heavy atom. The van der Waals surface area contributed by atoms with E-state index in [0.29, 0.717) is 18.1 Å². The van der Waals surface area contributed by atoms with Gasteiger partial charge in [0.15, 0.2) is 5.13 Å². The number of nitrogens with zero attached hydrogens (tertiary/aromatic N) is 2. The first-order chi connectivity index (χ1) is 14.4. The van der Waals surface area contributed by atoms with E-state index in [-0.39, 0.29) is 23.4 Å². The molecule has 0 bridgehead atoms. The van der Waals surface area contributed by atoms with Crippen LogP contribution < -0.4 is 10.0 Å². The molecule has 1 aliphatic heterocycles. The topological polar surface area (TPSA) is 91.4 Å². The molecular weight excluding hydrogens is 444 g/mol. The first-order valence-electron chi connectivity index (χ1n) is 9.53. The highest BCUT2D eigenvalue weighted by Crippen LogP contribution is 2.23. The van der Waals surface area contributed by atoms with Gasteiger partial charge in [0.05, 0.1) is 11.4 Å². The zero-order valence-electron chi connectivity index (χ0n) is 16.0. The molecule has 1 fully saturated rings. The fourth-order valence-electron chi connectivity index (χ4n) is 3.46. The van der Waals surface area contributed by atoms with E-state index in [4.69, 9.17) is 11.6 Å². The number of amides is 1. The number of hydrogen-bond acceptors (Lipinski definition) is 6. The van der Waals surface area contributed by atoms with Crippen molar-refractivity contribution in [3.8, 4) is 0 Å². The smallest absolute Gasteiger partial charge is 0.241 e. The molecule has 0 aliphatic carbocycles. The van der Waals surface area contributed by atoms with Crippen LogP contribution >= 0.6 is 22.9 Å². The Labute approximate surface area is 184 Å². The van der Waals surface area contributed by atoms with Crippen LogP contribution in [-0.2, 0) is 14.8 Å². The molecule has 1 saturated heterocycles. The summed E-state index contributed by atoms with van der Waals surface area (Å²) in [6.07, 6.45) is 3.35. The second-order valence-corrected chi connectivity index (χ2v) is 10.2. The number of rotatable bonds is 6. The van der Waals surface area contributed by atoms with Crippen LogP contribution in [0.15, 0.2) is 52.9 Å². The van der Waals surface area contributed by atoms with Gasteiger partial charge in [0.25, 0.3) is 0 Å². The zero-order chi connectivity index (χ0) is 21.1. The van der Waals surface area contributed by atoms with Gasteiger partial charge in [0.1, 0.15) is 0 Å². The van der Waals surface area contributed by atoms with Crippen molar-refractivity contribution in [2.24, 2.45) is 0 Å². The summed E-state index contributed by atoms with van der Waals surface area (Å²) in [5, 5.41) is 8.37. The minimum absolute atomic E-state index is 0.122. The number of nitrogens with one attached hydrogen (secondary N) is 2. The lowest BCUT2D eigenvalue weighted by atomic mass is 10.1. The molecule has 2 heterocycles. The minimum Gasteiger partial charge on any atom is -0.359 e. The lowest BCUT2D eigenvalue weighted by Gasteiger charge is -2.32. The lowest BCUT2D eigenvalue weighted by molar-refractivity contribution is -0.130. The van der Waals surface area contributed by atoms with Crippen LogP contribution in [0.25, 0.3) is 10.8 Å². The number of hydrogen-bond donors (Lipinski definition) is 2. The van der Waals surface area contributed by atoms with E-state index in [9.17, 15) is 13.2 Å². The molecule has 10 heteroatoms. The summed E-state index contributed by atoms with van der Waals surface area (Å²) in [4.78, 5) is 18.5. The molecule has 1 amide bonds. The standard InChI is InChI=1S/C20H21ClN4O3S2/c21-16-3-1-15-12-18(4-2-14(15)11-16)30(27,28)23-13-19(26)25-8-5-17(6-9-25)24-20-22-7-10-29-20/h1-4,7,10-12,17,23H,5-6,8-9,13H2,(H,22,24). The molecule has 0 spiro atoms. The van der Waals surface area contributed by atoms with E-state index in [2.05, 4.69) is 15.0 Å². The van der Waals surface area contributed by atoms with E-state index >= 15 is 0 Å². The maximum atomic E-state index is 12.6. The zero-order valence-corrected chi connectivity index (χ0v) is 18.4. The summed E-state index contributed by atoms with van der Waals surface area (Å²) in [7, 11) is -3.79. The molecule has 1 aromatic heterocycles. The number of carbonyl (C=O) groups excluding carboxylic acids is 1. The number of thiazole rings is 1. The molecule has 0 unspecified atom stereocenters. The van der Waals surface area contributed by atoms with Crippen LogP contribution in [0, 0.1) is 0 Å². The Balaban J connectivity index is 1.32. The van der Waals surface area contributed by atoms with E-state index in [0.717, 1.165) is 28.7 Å². The van der Waals surface area contributed by atoms with E-state index in [1.165, 1.54) is 6.07 Å². The number of aromatic nitrogens is 1. The Kier molecular flexibility index (Phi) is 6.24. The van der Waals surface area contributed by atoms with Gasteiger partial charge in [-0.25, -0.2) is 18.1 Å². The van der Waals surface area contributed by atoms with Gasteiger partial charge in [-0.05, 0) is 47.9 Å². The molecular formula is C20H21ClN4O3S2. The maximum Gasteiger partial charge on any atom is 0.241 e. The van der Waals surface area contributed by atoms with Crippen LogP contribution in [0.1, 0.15) is 12.8 Å². The van der Waals surface area contributed by atoms with Crippen LogP contribution in [0.3, 0.4) is 0 Å². The van der Waals surface area contributed by atoms with E-state index < -0.39 is 10.0 Å². The second kappa shape index (κ2) is 8.89. The Morgan fingerprint density at radius 2 is 1.90 bits per heavy atom. The number of carbonyl (C=O) groups is 1. The van der Waals surface area contributed by atoms with Gasteiger partial charge in [-0.1, -0.05) is 23.7 Å². The minimum atomic E-state index is -3.79. The lowest BCUT2D eigenvalue weighted by Crippen LogP contribution is -2.46. The Morgan fingerprint density at radius 3 is 2.63 bits per heavy atom.